The summed E-state index contributed by atoms with van der Waals surface area (Å²) in [5, 5.41) is 19.5. The van der Waals surface area contributed by atoms with Crippen LogP contribution in [0.5, 0.6) is 0 Å². The molecule has 0 spiro atoms. The van der Waals surface area contributed by atoms with Crippen LogP contribution in [0.4, 0.5) is 39.5 Å². The lowest BCUT2D eigenvalue weighted by Gasteiger charge is -2.44. The maximum absolute atomic E-state index is 13.2. The van der Waals surface area contributed by atoms with Gasteiger partial charge < -0.3 is 24.4 Å². The van der Waals surface area contributed by atoms with Crippen LogP contribution < -0.4 is 0 Å². The van der Waals surface area contributed by atoms with Crippen LogP contribution in [0.3, 0.4) is 0 Å². The summed E-state index contributed by atoms with van der Waals surface area (Å²) in [5.74, 6) is -1.09. The molecular weight excluding hydrogens is 531 g/mol. The molecule has 0 amide bonds. The van der Waals surface area contributed by atoms with Crippen LogP contribution >= 0.6 is 0 Å². The van der Waals surface area contributed by atoms with Crippen molar-refractivity contribution in [3.05, 3.63) is 12.2 Å². The van der Waals surface area contributed by atoms with Crippen LogP contribution in [-0.2, 0) is 19.0 Å². The van der Waals surface area contributed by atoms with Crippen molar-refractivity contribution in [1.29, 1.82) is 0 Å². The summed E-state index contributed by atoms with van der Waals surface area (Å²) in [7, 11) is 0. The molecule has 37 heavy (non-hydrogen) atoms. The van der Waals surface area contributed by atoms with Gasteiger partial charge in [0.1, 0.15) is 17.8 Å². The Bertz CT molecular complexity index is 799. The lowest BCUT2D eigenvalue weighted by Crippen LogP contribution is -2.65. The summed E-state index contributed by atoms with van der Waals surface area (Å²) in [6, 6.07) is 0. The number of halogens is 9. The van der Waals surface area contributed by atoms with Gasteiger partial charge in [0.15, 0.2) is 5.60 Å². The van der Waals surface area contributed by atoms with Gasteiger partial charge in [0.05, 0.1) is 11.7 Å². The second kappa shape index (κ2) is 10.9. The van der Waals surface area contributed by atoms with Gasteiger partial charge in [-0.3, -0.25) is 0 Å². The first-order valence-corrected chi connectivity index (χ1v) is 10.8. The fraction of sp³-hybridized carbons (Fsp3) is 0.864. The van der Waals surface area contributed by atoms with Gasteiger partial charge in [-0.2, -0.15) is 39.5 Å². The summed E-state index contributed by atoms with van der Waals surface area (Å²) in [4.78, 5) is 12.2. The predicted octanol–water partition coefficient (Wildman–Crippen LogP) is 5.40. The van der Waals surface area contributed by atoms with E-state index in [2.05, 4.69) is 6.58 Å². The minimum atomic E-state index is -6.19. The molecule has 0 aliphatic rings. The molecule has 6 nitrogen and oxygen atoms in total. The number of rotatable bonds is 11. The number of hydrogen-bond acceptors (Lipinski definition) is 6. The largest absolute Gasteiger partial charge is 0.456 e. The maximum Gasteiger partial charge on any atom is 0.428 e. The zero-order valence-electron chi connectivity index (χ0n) is 21.6. The van der Waals surface area contributed by atoms with Gasteiger partial charge >= 0.3 is 24.5 Å². The smallest absolute Gasteiger partial charge is 0.428 e. The topological polar surface area (TPSA) is 85.2 Å². The minimum Gasteiger partial charge on any atom is -0.456 e. The van der Waals surface area contributed by atoms with Gasteiger partial charge in [0.25, 0.3) is 5.60 Å². The third-order valence-electron chi connectivity index (χ3n) is 5.84. The Morgan fingerprint density at radius 3 is 1.51 bits per heavy atom. The molecule has 0 saturated carbocycles. The van der Waals surface area contributed by atoms with Crippen molar-refractivity contribution < 1.29 is 68.7 Å². The molecule has 0 aliphatic heterocycles. The minimum absolute atomic E-state index is 0.188. The number of carbonyl (C=O) groups excluding carboxylic acids is 1. The molecule has 0 aromatic heterocycles. The summed E-state index contributed by atoms with van der Waals surface area (Å²) >= 11 is 0. The number of carbonyl (C=O) groups is 1. The van der Waals surface area contributed by atoms with Crippen LogP contribution in [0, 0.1) is 0 Å². The summed E-state index contributed by atoms with van der Waals surface area (Å²) in [6.07, 6.45) is -24.8. The quantitative estimate of drug-likeness (QED) is 0.199. The Morgan fingerprint density at radius 1 is 0.784 bits per heavy atom. The fourth-order valence-corrected chi connectivity index (χ4v) is 3.22. The molecule has 0 aromatic rings. The highest BCUT2D eigenvalue weighted by molar-refractivity contribution is 5.87. The van der Waals surface area contributed by atoms with Crippen LogP contribution in [0.2, 0.25) is 0 Å². The standard InChI is InChI=1S/C22H33F9O6/c1-11(2)15(32)35-14(17(7,8)37-12(3)18(9,33)20(23,24)25)10-16(5,6)36-13(4)19(34,21(26,27)28)22(29,30)31/h12-14,33-34H,1,10H2,2-9H3. The highest BCUT2D eigenvalue weighted by Crippen LogP contribution is 2.47. The van der Waals surface area contributed by atoms with E-state index < -0.39 is 71.6 Å². The Labute approximate surface area is 208 Å². The van der Waals surface area contributed by atoms with Gasteiger partial charge in [0.2, 0.25) is 0 Å². The molecule has 220 valence electrons. The van der Waals surface area contributed by atoms with Crippen LogP contribution in [-0.4, -0.2) is 75.4 Å². The summed E-state index contributed by atoms with van der Waals surface area (Å²) in [6.45, 7) is 10.5. The Hall–Kier alpha value is -1.58. The number of esters is 1. The van der Waals surface area contributed by atoms with Crippen LogP contribution in [0.15, 0.2) is 12.2 Å². The zero-order chi connectivity index (χ0) is 30.2. The Kier molecular flexibility index (Phi) is 10.4. The average Bonchev–Trinajstić information content (AvgIpc) is 2.62. The predicted molar refractivity (Wildman–Crippen MR) is 112 cm³/mol. The number of alkyl halides is 9. The van der Waals surface area contributed by atoms with Crippen molar-refractivity contribution in [3.63, 3.8) is 0 Å². The average molecular weight is 564 g/mol. The van der Waals surface area contributed by atoms with Gasteiger partial charge in [-0.25, -0.2) is 4.79 Å². The summed E-state index contributed by atoms with van der Waals surface area (Å²) in [5.41, 5.74) is -12.8. The van der Waals surface area contributed by atoms with Crippen molar-refractivity contribution in [2.45, 2.75) is 121 Å². The fourth-order valence-electron chi connectivity index (χ4n) is 3.22. The van der Waals surface area contributed by atoms with Crippen molar-refractivity contribution in [3.8, 4) is 0 Å². The summed E-state index contributed by atoms with van der Waals surface area (Å²) < 4.78 is 135. The zero-order valence-corrected chi connectivity index (χ0v) is 21.6. The van der Waals surface area contributed by atoms with Gasteiger partial charge in [-0.1, -0.05) is 6.58 Å². The van der Waals surface area contributed by atoms with Gasteiger partial charge in [-0.05, 0) is 55.4 Å². The van der Waals surface area contributed by atoms with Gasteiger partial charge in [-0.15, -0.1) is 0 Å². The molecule has 0 fully saturated rings. The van der Waals surface area contributed by atoms with Crippen molar-refractivity contribution >= 4 is 5.97 Å². The first kappa shape index (κ1) is 35.4. The highest BCUT2D eigenvalue weighted by Gasteiger charge is 2.74. The van der Waals surface area contributed by atoms with Crippen molar-refractivity contribution in [2.24, 2.45) is 0 Å². The van der Waals surface area contributed by atoms with E-state index in [1.807, 2.05) is 0 Å². The molecule has 0 bridgehead atoms. The monoisotopic (exact) mass is 564 g/mol. The van der Waals surface area contributed by atoms with Crippen molar-refractivity contribution in [2.75, 3.05) is 0 Å². The SMILES string of the molecule is C=C(C)C(=O)OC(CC(C)(C)OC(C)C(O)(C(F)(F)F)C(F)(F)F)C(C)(C)OC(C)C(C)(O)C(F)(F)F. The second-order valence-corrected chi connectivity index (χ2v) is 10.2. The van der Waals surface area contributed by atoms with E-state index in [1.54, 1.807) is 0 Å². The Morgan fingerprint density at radius 2 is 1.19 bits per heavy atom. The van der Waals surface area contributed by atoms with E-state index >= 15 is 0 Å². The van der Waals surface area contributed by atoms with Crippen LogP contribution in [0.1, 0.15) is 61.8 Å². The lowest BCUT2D eigenvalue weighted by atomic mass is 9.88. The first-order valence-electron chi connectivity index (χ1n) is 10.8. The molecule has 15 heteroatoms. The van der Waals surface area contributed by atoms with E-state index in [-0.39, 0.29) is 5.57 Å². The molecular formula is C22H33F9O6. The molecule has 0 rings (SSSR count). The van der Waals surface area contributed by atoms with E-state index in [1.165, 1.54) is 6.92 Å². The van der Waals surface area contributed by atoms with Crippen LogP contribution in [0.25, 0.3) is 0 Å². The van der Waals surface area contributed by atoms with Gasteiger partial charge in [0, 0.05) is 12.0 Å². The molecule has 0 saturated heterocycles. The van der Waals surface area contributed by atoms with E-state index in [0.29, 0.717) is 13.8 Å². The number of aliphatic hydroxyl groups is 2. The molecule has 0 aliphatic carbocycles. The number of hydrogen-bond donors (Lipinski definition) is 2. The van der Waals surface area contributed by atoms with E-state index in [0.717, 1.165) is 34.6 Å². The molecule has 4 atom stereocenters. The molecule has 2 N–H and O–H groups in total. The molecule has 0 radical (unpaired) electrons. The molecule has 4 unspecified atom stereocenters. The van der Waals surface area contributed by atoms with E-state index in [9.17, 15) is 54.5 Å². The first-order chi connectivity index (χ1) is 15.9. The second-order valence-electron chi connectivity index (χ2n) is 10.2. The third-order valence-corrected chi connectivity index (χ3v) is 5.84. The van der Waals surface area contributed by atoms with E-state index in [4.69, 9.17) is 14.2 Å². The molecule has 0 heterocycles. The third kappa shape index (κ3) is 8.20. The molecule has 0 aromatic carbocycles. The number of ether oxygens (including phenoxy) is 3. The normalized spacial score (nSPS) is 18.6. The maximum atomic E-state index is 13.2. The lowest BCUT2D eigenvalue weighted by molar-refractivity contribution is -0.398. The van der Waals surface area contributed by atoms with Crippen molar-refractivity contribution in [1.82, 2.24) is 0 Å². The highest BCUT2D eigenvalue weighted by atomic mass is 19.4. The Balaban J connectivity index is 6.26.